The zero-order valence-electron chi connectivity index (χ0n) is 11.7. The first-order valence-corrected chi connectivity index (χ1v) is 6.48. The molecule has 0 aliphatic rings. The van der Waals surface area contributed by atoms with Crippen molar-refractivity contribution < 1.29 is 13.9 Å². The molecule has 3 aromatic rings. The van der Waals surface area contributed by atoms with Crippen LogP contribution < -0.4 is 10.1 Å². The lowest BCUT2D eigenvalue weighted by molar-refractivity contribution is -0.114. The Kier molecular flexibility index (Phi) is 3.31. The van der Waals surface area contributed by atoms with Crippen molar-refractivity contribution in [2.45, 2.75) is 6.92 Å². The number of ether oxygens (including phenoxy) is 1. The molecule has 0 radical (unpaired) electrons. The fourth-order valence-electron chi connectivity index (χ4n) is 2.07. The van der Waals surface area contributed by atoms with Crippen molar-refractivity contribution in [3.63, 3.8) is 0 Å². The number of amides is 1. The molecule has 2 aromatic carbocycles. The number of nitrogens with one attached hydrogen (secondary N) is 1. The summed E-state index contributed by atoms with van der Waals surface area (Å²) in [6.07, 6.45) is 0. The molecule has 0 aliphatic carbocycles. The highest BCUT2D eigenvalue weighted by molar-refractivity contribution is 5.91. The van der Waals surface area contributed by atoms with Gasteiger partial charge in [0.2, 0.25) is 11.8 Å². The molecule has 1 aromatic heterocycles. The van der Waals surface area contributed by atoms with E-state index in [1.807, 2.05) is 24.3 Å². The summed E-state index contributed by atoms with van der Waals surface area (Å²) in [7, 11) is 1.62. The van der Waals surface area contributed by atoms with E-state index in [2.05, 4.69) is 10.3 Å². The lowest BCUT2D eigenvalue weighted by Crippen LogP contribution is -2.05. The highest BCUT2D eigenvalue weighted by Gasteiger charge is 2.09. The van der Waals surface area contributed by atoms with E-state index >= 15 is 0 Å². The van der Waals surface area contributed by atoms with Gasteiger partial charge < -0.3 is 14.5 Å². The maximum Gasteiger partial charge on any atom is 0.227 e. The van der Waals surface area contributed by atoms with Crippen LogP contribution in [0.25, 0.3) is 22.6 Å². The number of anilines is 1. The van der Waals surface area contributed by atoms with E-state index < -0.39 is 0 Å². The van der Waals surface area contributed by atoms with Crippen LogP contribution in [0.4, 0.5) is 5.69 Å². The van der Waals surface area contributed by atoms with Crippen molar-refractivity contribution in [2.24, 2.45) is 0 Å². The number of rotatable bonds is 3. The molecule has 0 atom stereocenters. The average molecular weight is 282 g/mol. The number of carbonyl (C=O) groups excluding carboxylic acids is 1. The Morgan fingerprint density at radius 3 is 2.62 bits per heavy atom. The molecular weight excluding hydrogens is 268 g/mol. The summed E-state index contributed by atoms with van der Waals surface area (Å²) in [5.74, 6) is 1.20. The van der Waals surface area contributed by atoms with Gasteiger partial charge in [-0.2, -0.15) is 0 Å². The van der Waals surface area contributed by atoms with Crippen molar-refractivity contribution in [3.05, 3.63) is 42.5 Å². The van der Waals surface area contributed by atoms with Gasteiger partial charge in [0.25, 0.3) is 0 Å². The summed E-state index contributed by atoms with van der Waals surface area (Å²) in [6.45, 7) is 1.47. The molecule has 106 valence electrons. The molecule has 0 bridgehead atoms. The largest absolute Gasteiger partial charge is 0.497 e. The standard InChI is InChI=1S/C16H14N2O3/c1-10(19)17-12-5-8-15-14(9-12)18-16(21-15)11-3-6-13(20-2)7-4-11/h3-9H,1-2H3,(H,17,19). The van der Waals surface area contributed by atoms with E-state index in [9.17, 15) is 4.79 Å². The van der Waals surface area contributed by atoms with Gasteiger partial charge in [0.05, 0.1) is 7.11 Å². The van der Waals surface area contributed by atoms with Crippen LogP contribution in [0, 0.1) is 0 Å². The summed E-state index contributed by atoms with van der Waals surface area (Å²) < 4.78 is 10.8. The van der Waals surface area contributed by atoms with E-state index in [0.717, 1.165) is 11.3 Å². The minimum Gasteiger partial charge on any atom is -0.497 e. The van der Waals surface area contributed by atoms with Crippen LogP contribution in [-0.2, 0) is 4.79 Å². The number of benzene rings is 2. The number of oxazole rings is 1. The molecule has 0 saturated heterocycles. The van der Waals surface area contributed by atoms with E-state index in [4.69, 9.17) is 9.15 Å². The van der Waals surface area contributed by atoms with Gasteiger partial charge in [0, 0.05) is 18.2 Å². The fourth-order valence-corrected chi connectivity index (χ4v) is 2.07. The zero-order chi connectivity index (χ0) is 14.8. The van der Waals surface area contributed by atoms with Crippen LogP contribution in [0.3, 0.4) is 0 Å². The van der Waals surface area contributed by atoms with E-state index in [1.54, 1.807) is 25.3 Å². The fraction of sp³-hybridized carbons (Fsp3) is 0.125. The maximum absolute atomic E-state index is 11.1. The highest BCUT2D eigenvalue weighted by Crippen LogP contribution is 2.27. The number of nitrogens with zero attached hydrogens (tertiary/aromatic N) is 1. The molecule has 0 spiro atoms. The number of hydrogen-bond acceptors (Lipinski definition) is 4. The molecule has 0 fully saturated rings. The van der Waals surface area contributed by atoms with Gasteiger partial charge in [0.1, 0.15) is 11.3 Å². The summed E-state index contributed by atoms with van der Waals surface area (Å²) in [4.78, 5) is 15.5. The second kappa shape index (κ2) is 5.28. The Morgan fingerprint density at radius 1 is 1.19 bits per heavy atom. The Bertz CT molecular complexity index is 791. The van der Waals surface area contributed by atoms with Gasteiger partial charge in [-0.1, -0.05) is 0 Å². The maximum atomic E-state index is 11.1. The number of carbonyl (C=O) groups is 1. The van der Waals surface area contributed by atoms with E-state index in [0.29, 0.717) is 22.7 Å². The number of methoxy groups -OCH3 is 1. The molecular formula is C16H14N2O3. The number of hydrogen-bond donors (Lipinski definition) is 1. The Labute approximate surface area is 121 Å². The predicted octanol–water partition coefficient (Wildman–Crippen LogP) is 3.46. The minimum absolute atomic E-state index is 0.117. The quantitative estimate of drug-likeness (QED) is 0.799. The molecule has 21 heavy (non-hydrogen) atoms. The molecule has 1 N–H and O–H groups in total. The third-order valence-corrected chi connectivity index (χ3v) is 3.04. The van der Waals surface area contributed by atoms with Gasteiger partial charge in [0.15, 0.2) is 5.58 Å². The zero-order valence-corrected chi connectivity index (χ0v) is 11.7. The van der Waals surface area contributed by atoms with Crippen molar-refractivity contribution in [1.29, 1.82) is 0 Å². The van der Waals surface area contributed by atoms with Gasteiger partial charge in [-0.05, 0) is 42.5 Å². The van der Waals surface area contributed by atoms with E-state index in [-0.39, 0.29) is 5.91 Å². The number of aromatic nitrogens is 1. The average Bonchev–Trinajstić information content (AvgIpc) is 2.90. The molecule has 1 amide bonds. The lowest BCUT2D eigenvalue weighted by atomic mass is 10.2. The molecule has 3 rings (SSSR count). The van der Waals surface area contributed by atoms with Crippen LogP contribution in [0.15, 0.2) is 46.9 Å². The van der Waals surface area contributed by atoms with Crippen LogP contribution in [0.1, 0.15) is 6.92 Å². The van der Waals surface area contributed by atoms with Crippen molar-refractivity contribution >= 4 is 22.7 Å². The lowest BCUT2D eigenvalue weighted by Gasteiger charge is -1.99. The molecule has 5 heteroatoms. The van der Waals surface area contributed by atoms with Gasteiger partial charge in [-0.25, -0.2) is 4.98 Å². The van der Waals surface area contributed by atoms with Crippen molar-refractivity contribution in [1.82, 2.24) is 4.98 Å². The first-order chi connectivity index (χ1) is 10.2. The van der Waals surface area contributed by atoms with Crippen molar-refractivity contribution in [3.8, 4) is 17.2 Å². The normalized spacial score (nSPS) is 10.6. The second-order valence-corrected chi connectivity index (χ2v) is 4.61. The first kappa shape index (κ1) is 13.2. The summed E-state index contributed by atoms with van der Waals surface area (Å²) in [5.41, 5.74) is 2.94. The monoisotopic (exact) mass is 282 g/mol. The highest BCUT2D eigenvalue weighted by atomic mass is 16.5. The molecule has 0 unspecified atom stereocenters. The van der Waals surface area contributed by atoms with Crippen LogP contribution in [-0.4, -0.2) is 18.0 Å². The van der Waals surface area contributed by atoms with Gasteiger partial charge >= 0.3 is 0 Å². The van der Waals surface area contributed by atoms with Crippen LogP contribution >= 0.6 is 0 Å². The first-order valence-electron chi connectivity index (χ1n) is 6.48. The summed E-state index contributed by atoms with van der Waals surface area (Å²) in [5, 5.41) is 2.72. The smallest absolute Gasteiger partial charge is 0.227 e. The predicted molar refractivity (Wildman–Crippen MR) is 80.3 cm³/mol. The Hall–Kier alpha value is -2.82. The van der Waals surface area contributed by atoms with E-state index in [1.165, 1.54) is 6.92 Å². The van der Waals surface area contributed by atoms with Crippen LogP contribution in [0.5, 0.6) is 5.75 Å². The third-order valence-electron chi connectivity index (χ3n) is 3.04. The summed E-state index contributed by atoms with van der Waals surface area (Å²) >= 11 is 0. The van der Waals surface area contributed by atoms with Crippen molar-refractivity contribution in [2.75, 3.05) is 12.4 Å². The van der Waals surface area contributed by atoms with Gasteiger partial charge in [-0.3, -0.25) is 4.79 Å². The minimum atomic E-state index is -0.117. The molecule has 1 heterocycles. The molecule has 0 aliphatic heterocycles. The summed E-state index contributed by atoms with van der Waals surface area (Å²) in [6, 6.07) is 12.8. The SMILES string of the molecule is COc1ccc(-c2nc3cc(NC(C)=O)ccc3o2)cc1. The topological polar surface area (TPSA) is 64.4 Å². The Morgan fingerprint density at radius 2 is 1.95 bits per heavy atom. The number of fused-ring (bicyclic) bond motifs is 1. The Balaban J connectivity index is 1.97. The third kappa shape index (κ3) is 2.72. The van der Waals surface area contributed by atoms with Crippen LogP contribution in [0.2, 0.25) is 0 Å². The second-order valence-electron chi connectivity index (χ2n) is 4.61. The molecule has 0 saturated carbocycles. The molecule has 5 nitrogen and oxygen atoms in total. The van der Waals surface area contributed by atoms with Gasteiger partial charge in [-0.15, -0.1) is 0 Å².